The summed E-state index contributed by atoms with van der Waals surface area (Å²) in [6.07, 6.45) is 1.64. The van der Waals surface area contributed by atoms with Crippen molar-refractivity contribution in [2.24, 2.45) is 0 Å². The van der Waals surface area contributed by atoms with Crippen molar-refractivity contribution < 1.29 is 17.9 Å². The third-order valence-corrected chi connectivity index (χ3v) is 5.76. The van der Waals surface area contributed by atoms with E-state index in [9.17, 15) is 8.42 Å². The molecule has 7 heteroatoms. The first-order chi connectivity index (χ1) is 15.1. The number of rotatable bonds is 8. The first kappa shape index (κ1) is 20.6. The van der Waals surface area contributed by atoms with Gasteiger partial charge in [-0.05, 0) is 60.2 Å². The topological polar surface area (TPSA) is 77.5 Å². The van der Waals surface area contributed by atoms with Gasteiger partial charge in [0, 0.05) is 18.8 Å². The summed E-state index contributed by atoms with van der Waals surface area (Å²) in [5, 5.41) is 0. The van der Waals surface area contributed by atoms with E-state index in [1.165, 1.54) is 12.1 Å². The van der Waals surface area contributed by atoms with Crippen LogP contribution in [0.3, 0.4) is 0 Å². The smallest absolute Gasteiger partial charge is 0.240 e. The molecule has 0 aliphatic carbocycles. The van der Waals surface area contributed by atoms with Crippen molar-refractivity contribution in [2.75, 3.05) is 0 Å². The highest BCUT2D eigenvalue weighted by atomic mass is 32.2. The van der Waals surface area contributed by atoms with Crippen molar-refractivity contribution in [1.29, 1.82) is 0 Å². The molecule has 4 rings (SSSR count). The number of nitrogens with zero attached hydrogens (tertiary/aromatic N) is 1. The van der Waals surface area contributed by atoms with Gasteiger partial charge in [0.05, 0.1) is 4.90 Å². The molecule has 0 spiro atoms. The summed E-state index contributed by atoms with van der Waals surface area (Å²) in [4.78, 5) is 4.28. The Bertz CT molecular complexity index is 1230. The number of aromatic nitrogens is 1. The van der Waals surface area contributed by atoms with Gasteiger partial charge in [0.2, 0.25) is 15.9 Å². The SMILES string of the molecule is O=S(=O)(NCc1cccc(Oc2ccccn2)c1)c1ccc(Oc2ccccc2)cc1. The molecule has 0 unspecified atom stereocenters. The highest BCUT2D eigenvalue weighted by Gasteiger charge is 2.14. The van der Waals surface area contributed by atoms with Gasteiger partial charge >= 0.3 is 0 Å². The molecule has 1 N–H and O–H groups in total. The minimum absolute atomic E-state index is 0.129. The van der Waals surface area contributed by atoms with Gasteiger partial charge in [0.1, 0.15) is 17.2 Å². The van der Waals surface area contributed by atoms with E-state index in [0.717, 1.165) is 5.56 Å². The van der Waals surface area contributed by atoms with Crippen molar-refractivity contribution in [3.05, 3.63) is 109 Å². The fourth-order valence-corrected chi connectivity index (χ4v) is 3.84. The Labute approximate surface area is 181 Å². The normalized spacial score (nSPS) is 11.1. The van der Waals surface area contributed by atoms with Gasteiger partial charge in [-0.1, -0.05) is 36.4 Å². The van der Waals surface area contributed by atoms with Gasteiger partial charge < -0.3 is 9.47 Å². The van der Waals surface area contributed by atoms with Gasteiger partial charge in [-0.2, -0.15) is 0 Å². The summed E-state index contributed by atoms with van der Waals surface area (Å²) in [5.74, 6) is 2.30. The predicted molar refractivity (Wildman–Crippen MR) is 118 cm³/mol. The summed E-state index contributed by atoms with van der Waals surface area (Å²) >= 11 is 0. The van der Waals surface area contributed by atoms with Crippen molar-refractivity contribution >= 4 is 10.0 Å². The molecule has 0 amide bonds. The number of hydrogen-bond donors (Lipinski definition) is 1. The van der Waals surface area contributed by atoms with Crippen molar-refractivity contribution in [3.8, 4) is 23.1 Å². The second-order valence-corrected chi connectivity index (χ2v) is 8.40. The lowest BCUT2D eigenvalue weighted by Gasteiger charge is -2.10. The number of hydrogen-bond acceptors (Lipinski definition) is 5. The molecule has 0 saturated carbocycles. The summed E-state index contributed by atoms with van der Waals surface area (Å²) < 4.78 is 39.3. The monoisotopic (exact) mass is 432 g/mol. The van der Waals surface area contributed by atoms with Crippen LogP contribution in [0.25, 0.3) is 0 Å². The van der Waals surface area contributed by atoms with Crippen LogP contribution in [0.4, 0.5) is 0 Å². The molecule has 156 valence electrons. The minimum atomic E-state index is -3.68. The molecule has 1 heterocycles. The number of benzene rings is 3. The van der Waals surface area contributed by atoms with Crippen LogP contribution in [0, 0.1) is 0 Å². The molecule has 1 aromatic heterocycles. The highest BCUT2D eigenvalue weighted by molar-refractivity contribution is 7.89. The number of ether oxygens (including phenoxy) is 2. The Kier molecular flexibility index (Phi) is 6.26. The number of para-hydroxylation sites is 1. The van der Waals surface area contributed by atoms with Gasteiger partial charge in [-0.3, -0.25) is 0 Å². The van der Waals surface area contributed by atoms with Crippen LogP contribution < -0.4 is 14.2 Å². The Balaban J connectivity index is 1.39. The molecule has 0 radical (unpaired) electrons. The average molecular weight is 433 g/mol. The van der Waals surface area contributed by atoms with Gasteiger partial charge in [0.15, 0.2) is 0 Å². The Morgan fingerprint density at radius 3 is 2.16 bits per heavy atom. The van der Waals surface area contributed by atoms with E-state index in [-0.39, 0.29) is 11.4 Å². The van der Waals surface area contributed by atoms with Crippen LogP contribution in [-0.2, 0) is 16.6 Å². The molecule has 0 saturated heterocycles. The van der Waals surface area contributed by atoms with E-state index < -0.39 is 10.0 Å². The predicted octanol–water partition coefficient (Wildman–Crippen LogP) is 5.14. The molecule has 6 nitrogen and oxygen atoms in total. The van der Waals surface area contributed by atoms with Gasteiger partial charge in [-0.15, -0.1) is 0 Å². The fraction of sp³-hybridized carbons (Fsp3) is 0.0417. The zero-order chi connectivity index (χ0) is 21.5. The molecule has 31 heavy (non-hydrogen) atoms. The minimum Gasteiger partial charge on any atom is -0.457 e. The average Bonchev–Trinajstić information content (AvgIpc) is 2.80. The summed E-state index contributed by atoms with van der Waals surface area (Å²) in [6, 6.07) is 28.2. The molecule has 0 atom stereocenters. The number of nitrogens with one attached hydrogen (secondary N) is 1. The zero-order valence-corrected chi connectivity index (χ0v) is 17.3. The Morgan fingerprint density at radius 2 is 1.42 bits per heavy atom. The lowest BCUT2D eigenvalue weighted by Crippen LogP contribution is -2.23. The molecule has 3 aromatic carbocycles. The lowest BCUT2D eigenvalue weighted by molar-refractivity contribution is 0.462. The maximum Gasteiger partial charge on any atom is 0.240 e. The maximum atomic E-state index is 12.7. The molecular weight excluding hydrogens is 412 g/mol. The number of pyridine rings is 1. The standard InChI is InChI=1S/C24H20N2O4S/c27-31(28,23-14-12-21(13-15-23)29-20-8-2-1-3-9-20)26-18-19-7-6-10-22(17-19)30-24-11-4-5-16-25-24/h1-17,26H,18H2. The summed E-state index contributed by atoms with van der Waals surface area (Å²) in [7, 11) is -3.68. The molecule has 0 bridgehead atoms. The summed E-state index contributed by atoms with van der Waals surface area (Å²) in [6.45, 7) is 0.129. The fourth-order valence-electron chi connectivity index (χ4n) is 2.82. The Hall–Kier alpha value is -3.68. The second-order valence-electron chi connectivity index (χ2n) is 6.63. The van der Waals surface area contributed by atoms with Crippen LogP contribution in [0.2, 0.25) is 0 Å². The number of sulfonamides is 1. The molecule has 0 aliphatic rings. The molecule has 4 aromatic rings. The van der Waals surface area contributed by atoms with Crippen LogP contribution in [0.5, 0.6) is 23.1 Å². The van der Waals surface area contributed by atoms with Crippen molar-refractivity contribution in [1.82, 2.24) is 9.71 Å². The summed E-state index contributed by atoms with van der Waals surface area (Å²) in [5.41, 5.74) is 0.765. The van der Waals surface area contributed by atoms with Crippen LogP contribution >= 0.6 is 0 Å². The van der Waals surface area contributed by atoms with Crippen LogP contribution in [0.15, 0.2) is 108 Å². The van der Waals surface area contributed by atoms with Gasteiger partial charge in [0.25, 0.3) is 0 Å². The van der Waals surface area contributed by atoms with Gasteiger partial charge in [-0.25, -0.2) is 18.1 Å². The van der Waals surface area contributed by atoms with E-state index in [1.54, 1.807) is 48.7 Å². The Morgan fingerprint density at radius 1 is 0.710 bits per heavy atom. The van der Waals surface area contributed by atoms with Crippen LogP contribution in [-0.4, -0.2) is 13.4 Å². The van der Waals surface area contributed by atoms with Crippen molar-refractivity contribution in [3.63, 3.8) is 0 Å². The van der Waals surface area contributed by atoms with E-state index in [0.29, 0.717) is 23.1 Å². The lowest BCUT2D eigenvalue weighted by atomic mass is 10.2. The van der Waals surface area contributed by atoms with E-state index in [1.807, 2.05) is 42.5 Å². The molecular formula is C24H20N2O4S. The first-order valence-electron chi connectivity index (χ1n) is 9.59. The zero-order valence-electron chi connectivity index (χ0n) is 16.5. The first-order valence-corrected chi connectivity index (χ1v) is 11.1. The second kappa shape index (κ2) is 9.42. The maximum absolute atomic E-state index is 12.7. The quantitative estimate of drug-likeness (QED) is 0.417. The largest absolute Gasteiger partial charge is 0.457 e. The highest BCUT2D eigenvalue weighted by Crippen LogP contribution is 2.23. The van der Waals surface area contributed by atoms with Crippen LogP contribution in [0.1, 0.15) is 5.56 Å². The van der Waals surface area contributed by atoms with E-state index >= 15 is 0 Å². The van der Waals surface area contributed by atoms with E-state index in [2.05, 4.69) is 9.71 Å². The molecule has 0 aliphatic heterocycles. The third kappa shape index (κ3) is 5.69. The van der Waals surface area contributed by atoms with Crippen molar-refractivity contribution in [2.45, 2.75) is 11.4 Å². The van der Waals surface area contributed by atoms with E-state index in [4.69, 9.17) is 9.47 Å². The third-order valence-electron chi connectivity index (χ3n) is 4.34. The molecule has 0 fully saturated rings.